The van der Waals surface area contributed by atoms with Gasteiger partial charge in [-0.3, -0.25) is 0 Å². The molecule has 0 aromatic rings. The molecule has 0 aromatic carbocycles. The number of hydrogen-bond donors (Lipinski definition) is 1. The zero-order valence-electron chi connectivity index (χ0n) is 9.54. The lowest BCUT2D eigenvalue weighted by Gasteiger charge is -2.31. The van der Waals surface area contributed by atoms with Crippen LogP contribution in [0.15, 0.2) is 0 Å². The Kier molecular flexibility index (Phi) is 5.45. The molecule has 1 unspecified atom stereocenters. The first-order chi connectivity index (χ1) is 6.76. The zero-order chi connectivity index (χ0) is 10.4. The van der Waals surface area contributed by atoms with E-state index in [2.05, 4.69) is 11.8 Å². The summed E-state index contributed by atoms with van der Waals surface area (Å²) in [5.74, 6) is 0.662. The molecule has 84 valence electrons. The van der Waals surface area contributed by atoms with E-state index >= 15 is 0 Å². The lowest BCUT2D eigenvalue weighted by molar-refractivity contribution is 0.0399. The molecule has 1 fully saturated rings. The fourth-order valence-corrected chi connectivity index (χ4v) is 1.89. The van der Waals surface area contributed by atoms with Gasteiger partial charge in [0.25, 0.3) is 0 Å². The molecule has 1 saturated heterocycles. The number of nitrogens with zero attached hydrogens (tertiary/aromatic N) is 1. The highest BCUT2D eigenvalue weighted by Gasteiger charge is 2.18. The predicted octanol–water partition coefficient (Wildman–Crippen LogP) is 1.08. The zero-order valence-corrected chi connectivity index (χ0v) is 9.54. The third-order valence-corrected chi connectivity index (χ3v) is 3.21. The highest BCUT2D eigenvalue weighted by Crippen LogP contribution is 2.13. The van der Waals surface area contributed by atoms with Crippen molar-refractivity contribution in [2.24, 2.45) is 11.7 Å². The van der Waals surface area contributed by atoms with Crippen LogP contribution in [0.25, 0.3) is 0 Å². The minimum atomic E-state index is 0.498. The van der Waals surface area contributed by atoms with Gasteiger partial charge >= 0.3 is 0 Å². The van der Waals surface area contributed by atoms with Crippen molar-refractivity contribution < 1.29 is 4.74 Å². The molecule has 0 spiro atoms. The van der Waals surface area contributed by atoms with Crippen LogP contribution < -0.4 is 5.73 Å². The maximum absolute atomic E-state index is 5.59. The second-order valence-electron chi connectivity index (χ2n) is 4.41. The Balaban J connectivity index is 2.10. The minimum absolute atomic E-state index is 0.498. The quantitative estimate of drug-likeness (QED) is 0.722. The van der Waals surface area contributed by atoms with Crippen molar-refractivity contribution in [3.63, 3.8) is 0 Å². The molecule has 0 amide bonds. The lowest BCUT2D eigenvalue weighted by atomic mass is 10.0. The molecular weight excluding hydrogens is 176 g/mol. The normalized spacial score (nSPS) is 22.5. The van der Waals surface area contributed by atoms with Crippen LogP contribution in [0.3, 0.4) is 0 Å². The van der Waals surface area contributed by atoms with Gasteiger partial charge < -0.3 is 15.4 Å². The largest absolute Gasteiger partial charge is 0.381 e. The van der Waals surface area contributed by atoms with Gasteiger partial charge in [0.05, 0.1) is 6.10 Å². The van der Waals surface area contributed by atoms with Crippen molar-refractivity contribution in [1.29, 1.82) is 0 Å². The Bertz CT molecular complexity index is 144. The molecule has 1 atom stereocenters. The van der Waals surface area contributed by atoms with Gasteiger partial charge in [-0.2, -0.15) is 0 Å². The first-order valence-electron chi connectivity index (χ1n) is 5.71. The standard InChI is InChI=1S/C11H24N2O/c1-10(9-12)3-6-13-7-4-11(14-2)5-8-13/h10-11H,3-9,12H2,1-2H3. The van der Waals surface area contributed by atoms with E-state index in [1.165, 1.54) is 38.9 Å². The maximum atomic E-state index is 5.59. The van der Waals surface area contributed by atoms with Crippen molar-refractivity contribution in [1.82, 2.24) is 4.90 Å². The van der Waals surface area contributed by atoms with Gasteiger partial charge in [-0.25, -0.2) is 0 Å². The first kappa shape index (κ1) is 12.0. The van der Waals surface area contributed by atoms with E-state index in [1.807, 2.05) is 7.11 Å². The number of rotatable bonds is 5. The summed E-state index contributed by atoms with van der Waals surface area (Å²) in [4.78, 5) is 2.53. The number of likely N-dealkylation sites (tertiary alicyclic amines) is 1. The van der Waals surface area contributed by atoms with E-state index in [1.54, 1.807) is 0 Å². The fourth-order valence-electron chi connectivity index (χ4n) is 1.89. The second kappa shape index (κ2) is 6.38. The molecule has 0 aliphatic carbocycles. The van der Waals surface area contributed by atoms with Crippen LogP contribution in [0.1, 0.15) is 26.2 Å². The van der Waals surface area contributed by atoms with Crippen molar-refractivity contribution in [3.8, 4) is 0 Å². The van der Waals surface area contributed by atoms with E-state index in [-0.39, 0.29) is 0 Å². The lowest BCUT2D eigenvalue weighted by Crippen LogP contribution is -2.37. The molecule has 0 bridgehead atoms. The van der Waals surface area contributed by atoms with Crippen LogP contribution in [-0.4, -0.2) is 44.3 Å². The van der Waals surface area contributed by atoms with Crippen molar-refractivity contribution >= 4 is 0 Å². The summed E-state index contributed by atoms with van der Waals surface area (Å²) in [6, 6.07) is 0. The Hall–Kier alpha value is -0.120. The number of hydrogen-bond acceptors (Lipinski definition) is 3. The average molecular weight is 200 g/mol. The van der Waals surface area contributed by atoms with E-state index in [9.17, 15) is 0 Å². The fraction of sp³-hybridized carbons (Fsp3) is 1.00. The minimum Gasteiger partial charge on any atom is -0.381 e. The Labute approximate surface area is 87.6 Å². The smallest absolute Gasteiger partial charge is 0.0595 e. The molecule has 1 heterocycles. The summed E-state index contributed by atoms with van der Waals surface area (Å²) in [6.45, 7) is 6.62. The number of methoxy groups -OCH3 is 1. The SMILES string of the molecule is COC1CCN(CCC(C)CN)CC1. The summed E-state index contributed by atoms with van der Waals surface area (Å²) in [5, 5.41) is 0. The number of ether oxygens (including phenoxy) is 1. The van der Waals surface area contributed by atoms with Crippen LogP contribution >= 0.6 is 0 Å². The first-order valence-corrected chi connectivity index (χ1v) is 5.71. The molecule has 3 nitrogen and oxygen atoms in total. The van der Waals surface area contributed by atoms with E-state index < -0.39 is 0 Å². The molecule has 3 heteroatoms. The third kappa shape index (κ3) is 3.95. The van der Waals surface area contributed by atoms with Crippen LogP contribution in [0.2, 0.25) is 0 Å². The van der Waals surface area contributed by atoms with Crippen LogP contribution in [0.5, 0.6) is 0 Å². The topological polar surface area (TPSA) is 38.5 Å². The molecule has 2 N–H and O–H groups in total. The summed E-state index contributed by atoms with van der Waals surface area (Å²) in [5.41, 5.74) is 5.59. The molecule has 1 aliphatic heterocycles. The molecule has 14 heavy (non-hydrogen) atoms. The summed E-state index contributed by atoms with van der Waals surface area (Å²) in [7, 11) is 1.82. The van der Waals surface area contributed by atoms with Gasteiger partial charge in [-0.15, -0.1) is 0 Å². The number of piperidine rings is 1. The van der Waals surface area contributed by atoms with Crippen molar-refractivity contribution in [2.75, 3.05) is 33.3 Å². The molecule has 0 aromatic heterocycles. The maximum Gasteiger partial charge on any atom is 0.0595 e. The summed E-state index contributed by atoms with van der Waals surface area (Å²) < 4.78 is 5.34. The van der Waals surface area contributed by atoms with Gasteiger partial charge in [-0.1, -0.05) is 6.92 Å². The van der Waals surface area contributed by atoms with E-state index in [0.717, 1.165) is 6.54 Å². The van der Waals surface area contributed by atoms with Crippen LogP contribution in [0.4, 0.5) is 0 Å². The highest BCUT2D eigenvalue weighted by atomic mass is 16.5. The van der Waals surface area contributed by atoms with Crippen LogP contribution in [0, 0.1) is 5.92 Å². The van der Waals surface area contributed by atoms with Gasteiger partial charge in [0, 0.05) is 20.2 Å². The monoisotopic (exact) mass is 200 g/mol. The van der Waals surface area contributed by atoms with Crippen LogP contribution in [-0.2, 0) is 4.74 Å². The molecule has 1 aliphatic rings. The van der Waals surface area contributed by atoms with Gasteiger partial charge in [0.2, 0.25) is 0 Å². The van der Waals surface area contributed by atoms with E-state index in [4.69, 9.17) is 10.5 Å². The number of nitrogens with two attached hydrogens (primary N) is 1. The van der Waals surface area contributed by atoms with Gasteiger partial charge in [0.15, 0.2) is 0 Å². The van der Waals surface area contributed by atoms with Gasteiger partial charge in [-0.05, 0) is 38.3 Å². The predicted molar refractivity (Wildman–Crippen MR) is 59.3 cm³/mol. The summed E-state index contributed by atoms with van der Waals surface area (Å²) in [6.07, 6.45) is 4.10. The molecule has 0 radical (unpaired) electrons. The average Bonchev–Trinajstić information content (AvgIpc) is 2.26. The van der Waals surface area contributed by atoms with E-state index in [0.29, 0.717) is 12.0 Å². The molecule has 0 saturated carbocycles. The second-order valence-corrected chi connectivity index (χ2v) is 4.41. The van der Waals surface area contributed by atoms with Crippen molar-refractivity contribution in [2.45, 2.75) is 32.3 Å². The highest BCUT2D eigenvalue weighted by molar-refractivity contribution is 4.72. The Morgan fingerprint density at radius 2 is 2.07 bits per heavy atom. The third-order valence-electron chi connectivity index (χ3n) is 3.21. The van der Waals surface area contributed by atoms with Crippen molar-refractivity contribution in [3.05, 3.63) is 0 Å². The van der Waals surface area contributed by atoms with Gasteiger partial charge in [0.1, 0.15) is 0 Å². The Morgan fingerprint density at radius 3 is 2.57 bits per heavy atom. The molecular formula is C11H24N2O. The Morgan fingerprint density at radius 1 is 1.43 bits per heavy atom. The molecule has 1 rings (SSSR count). The summed E-state index contributed by atoms with van der Waals surface area (Å²) >= 11 is 0.